The van der Waals surface area contributed by atoms with Crippen molar-refractivity contribution in [2.24, 2.45) is 0 Å². The van der Waals surface area contributed by atoms with Gasteiger partial charge in [-0.05, 0) is 47.5 Å². The molecule has 55 heavy (non-hydrogen) atoms. The molecule has 0 N–H and O–H groups in total. The molecule has 0 saturated carbocycles. The smallest absolute Gasteiger partial charge is 0.221 e. The van der Waals surface area contributed by atoms with Crippen molar-refractivity contribution in [1.29, 1.82) is 5.26 Å². The van der Waals surface area contributed by atoms with Crippen molar-refractivity contribution in [3.8, 4) is 39.7 Å². The third-order valence-electron chi connectivity index (χ3n) is 11.0. The zero-order valence-electron chi connectivity index (χ0n) is 29.4. The van der Waals surface area contributed by atoms with E-state index in [0.29, 0.717) is 16.9 Å². The van der Waals surface area contributed by atoms with Crippen molar-refractivity contribution in [2.75, 3.05) is 0 Å². The zero-order chi connectivity index (χ0) is 36.6. The highest BCUT2D eigenvalue weighted by molar-refractivity contribution is 7.25. The molecule has 5 heteroatoms. The molecule has 0 bridgehead atoms. The highest BCUT2D eigenvalue weighted by atomic mass is 32.1. The van der Waals surface area contributed by atoms with Gasteiger partial charge in [0.1, 0.15) is 6.07 Å². The molecule has 0 unspecified atom stereocenters. The fourth-order valence-electron chi connectivity index (χ4n) is 8.73. The van der Waals surface area contributed by atoms with Crippen molar-refractivity contribution in [2.45, 2.75) is 0 Å². The van der Waals surface area contributed by atoms with Gasteiger partial charge in [0.25, 0.3) is 0 Å². The first kappa shape index (κ1) is 31.1. The Labute approximate surface area is 320 Å². The van der Waals surface area contributed by atoms with Crippen LogP contribution in [0.25, 0.3) is 102 Å². The summed E-state index contributed by atoms with van der Waals surface area (Å²) < 4.78 is 6.86. The number of hydrogen-bond donors (Lipinski definition) is 0. The topological polar surface area (TPSA) is 38.0 Å². The number of hydrogen-bond acceptors (Lipinski definition) is 2. The van der Waals surface area contributed by atoms with Crippen LogP contribution in [-0.4, -0.2) is 9.13 Å². The third kappa shape index (κ3) is 4.42. The van der Waals surface area contributed by atoms with Gasteiger partial charge in [0.15, 0.2) is 0 Å². The van der Waals surface area contributed by atoms with E-state index in [4.69, 9.17) is 6.57 Å². The van der Waals surface area contributed by atoms with Crippen LogP contribution in [0.15, 0.2) is 170 Å². The van der Waals surface area contributed by atoms with Gasteiger partial charge in [0, 0.05) is 52.8 Å². The maximum atomic E-state index is 11.6. The lowest BCUT2D eigenvalue weighted by molar-refractivity contribution is 1.14. The summed E-state index contributed by atoms with van der Waals surface area (Å²) in [6.45, 7) is 9.09. The number of fused-ring (bicyclic) bond motifs is 9. The van der Waals surface area contributed by atoms with Crippen LogP contribution in [0.3, 0.4) is 0 Å². The van der Waals surface area contributed by atoms with E-state index >= 15 is 0 Å². The number of benzene rings is 8. The highest BCUT2D eigenvalue weighted by Crippen LogP contribution is 2.52. The van der Waals surface area contributed by atoms with E-state index in [9.17, 15) is 5.26 Å². The second-order valence-corrected chi connectivity index (χ2v) is 14.9. The van der Waals surface area contributed by atoms with Crippen LogP contribution in [0.1, 0.15) is 5.56 Å². The first-order valence-electron chi connectivity index (χ1n) is 18.2. The van der Waals surface area contributed by atoms with Gasteiger partial charge in [-0.15, -0.1) is 11.3 Å². The van der Waals surface area contributed by atoms with Crippen molar-refractivity contribution in [3.05, 3.63) is 187 Å². The second-order valence-electron chi connectivity index (χ2n) is 13.8. The molecule has 11 aromatic rings. The van der Waals surface area contributed by atoms with Gasteiger partial charge in [-0.2, -0.15) is 5.26 Å². The Morgan fingerprint density at radius 1 is 0.455 bits per heavy atom. The molecule has 0 fully saturated rings. The van der Waals surface area contributed by atoms with Gasteiger partial charge in [0.2, 0.25) is 5.69 Å². The summed E-state index contributed by atoms with van der Waals surface area (Å²) >= 11 is 1.77. The Morgan fingerprint density at radius 2 is 0.945 bits per heavy atom. The van der Waals surface area contributed by atoms with E-state index in [1.54, 1.807) is 11.3 Å². The lowest BCUT2D eigenvalue weighted by atomic mass is 9.88. The van der Waals surface area contributed by atoms with Gasteiger partial charge < -0.3 is 9.13 Å². The van der Waals surface area contributed by atoms with Crippen LogP contribution in [0, 0.1) is 17.9 Å². The Morgan fingerprint density at radius 3 is 1.53 bits per heavy atom. The summed E-state index contributed by atoms with van der Waals surface area (Å²) in [7, 11) is 0. The molecule has 0 spiro atoms. The fraction of sp³-hybridized carbons (Fsp3) is 0. The molecular formula is C50H28N4S. The minimum atomic E-state index is 0.429. The number of nitriles is 1. The van der Waals surface area contributed by atoms with E-state index in [2.05, 4.69) is 147 Å². The molecule has 3 heterocycles. The summed E-state index contributed by atoms with van der Waals surface area (Å²) in [6.07, 6.45) is 0. The molecule has 0 radical (unpaired) electrons. The normalized spacial score (nSPS) is 11.6. The Hall–Kier alpha value is -7.44. The van der Waals surface area contributed by atoms with Gasteiger partial charge in [-0.3, -0.25) is 0 Å². The van der Waals surface area contributed by atoms with Gasteiger partial charge in [-0.25, -0.2) is 4.85 Å². The van der Waals surface area contributed by atoms with E-state index in [-0.39, 0.29) is 0 Å². The molecule has 254 valence electrons. The predicted octanol–water partition coefficient (Wildman–Crippen LogP) is 14.0. The van der Waals surface area contributed by atoms with E-state index in [0.717, 1.165) is 76.3 Å². The Bertz CT molecular complexity index is 3310. The first-order valence-corrected chi connectivity index (χ1v) is 19.0. The zero-order valence-corrected chi connectivity index (χ0v) is 30.2. The number of nitrogens with zero attached hydrogens (tertiary/aromatic N) is 4. The van der Waals surface area contributed by atoms with Crippen LogP contribution >= 0.6 is 11.3 Å². The lowest BCUT2D eigenvalue weighted by Crippen LogP contribution is -2.08. The molecule has 0 atom stereocenters. The molecule has 0 aliphatic heterocycles. The fourth-order valence-corrected chi connectivity index (χ4v) is 9.85. The van der Waals surface area contributed by atoms with Gasteiger partial charge in [-0.1, -0.05) is 133 Å². The summed E-state index contributed by atoms with van der Waals surface area (Å²) in [5.41, 5.74) is 9.58. The lowest BCUT2D eigenvalue weighted by Gasteiger charge is -2.25. The second kappa shape index (κ2) is 12.0. The molecule has 0 saturated heterocycles. The SMILES string of the molecule is [C-]#[N+]c1c(-c2ccccc2)c(-n2c3ccccc3c3ccccc32)c(-c2ccccc2)c(C#N)c1-n1c2ccccc2c2cc3c(cc21)sc1ccccc13. The van der Waals surface area contributed by atoms with Crippen LogP contribution < -0.4 is 0 Å². The molecule has 4 nitrogen and oxygen atoms in total. The van der Waals surface area contributed by atoms with Gasteiger partial charge >= 0.3 is 0 Å². The maximum absolute atomic E-state index is 11.6. The van der Waals surface area contributed by atoms with Crippen molar-refractivity contribution in [1.82, 2.24) is 9.13 Å². The number of thiophene rings is 1. The third-order valence-corrected chi connectivity index (χ3v) is 12.1. The molecule has 8 aromatic carbocycles. The molecule has 0 aliphatic rings. The number of para-hydroxylation sites is 3. The van der Waals surface area contributed by atoms with Crippen LogP contribution in [0.2, 0.25) is 0 Å². The summed E-state index contributed by atoms with van der Waals surface area (Å²) in [5, 5.41) is 18.4. The molecule has 0 aliphatic carbocycles. The monoisotopic (exact) mass is 716 g/mol. The molecule has 11 rings (SSSR count). The molecule has 0 amide bonds. The van der Waals surface area contributed by atoms with E-state index < -0.39 is 0 Å². The highest BCUT2D eigenvalue weighted by Gasteiger charge is 2.31. The van der Waals surface area contributed by atoms with Gasteiger partial charge in [0.05, 0.1) is 45.6 Å². The average Bonchev–Trinajstić information content (AvgIpc) is 3.89. The van der Waals surface area contributed by atoms with E-state index in [1.807, 2.05) is 42.5 Å². The minimum Gasteiger partial charge on any atom is -0.318 e. The summed E-state index contributed by atoms with van der Waals surface area (Å²) in [6, 6.07) is 61.5. The standard InChI is InChI=1S/C50H28N4S/c1-52-48-47(32-18-6-3-7-19-32)50(53-40-24-12-8-20-33(40)34-21-9-13-25-41(34)53)46(31-16-4-2-5-17-31)39(30-51)49(48)54-42-26-14-10-22-35(42)37-28-38-36-23-11-15-27-44(36)55-45(38)29-43(37)54/h2-29H. The number of rotatable bonds is 4. The van der Waals surface area contributed by atoms with Crippen molar-refractivity contribution >= 4 is 80.8 Å². The molecular weight excluding hydrogens is 689 g/mol. The van der Waals surface area contributed by atoms with Crippen LogP contribution in [0.5, 0.6) is 0 Å². The Kier molecular flexibility index (Phi) is 6.82. The minimum absolute atomic E-state index is 0.429. The summed E-state index contributed by atoms with van der Waals surface area (Å²) in [5.74, 6) is 0. The van der Waals surface area contributed by atoms with Crippen LogP contribution in [-0.2, 0) is 0 Å². The predicted molar refractivity (Wildman–Crippen MR) is 230 cm³/mol. The quantitative estimate of drug-likeness (QED) is 0.167. The first-order chi connectivity index (χ1) is 27.2. The molecule has 3 aromatic heterocycles. The maximum Gasteiger partial charge on any atom is 0.221 e. The Balaban J connectivity index is 1.40. The van der Waals surface area contributed by atoms with Crippen LogP contribution in [0.4, 0.5) is 5.69 Å². The average molecular weight is 717 g/mol. The summed E-state index contributed by atoms with van der Waals surface area (Å²) in [4.78, 5) is 4.45. The van der Waals surface area contributed by atoms with Crippen molar-refractivity contribution in [3.63, 3.8) is 0 Å². The van der Waals surface area contributed by atoms with Crippen molar-refractivity contribution < 1.29 is 0 Å². The largest absolute Gasteiger partial charge is 0.318 e. The van der Waals surface area contributed by atoms with E-state index in [1.165, 1.54) is 15.5 Å². The number of aromatic nitrogens is 2.